The van der Waals surface area contributed by atoms with E-state index in [1.165, 1.54) is 6.42 Å². The molecule has 1 aromatic rings. The number of hydrogen-bond donors (Lipinski definition) is 2. The Morgan fingerprint density at radius 3 is 2.64 bits per heavy atom. The maximum absolute atomic E-state index is 12.2. The van der Waals surface area contributed by atoms with Gasteiger partial charge in [-0.25, -0.2) is 4.98 Å². The van der Waals surface area contributed by atoms with Crippen LogP contribution in [0.2, 0.25) is 0 Å². The predicted octanol–water partition coefficient (Wildman–Crippen LogP) is 2.10. The van der Waals surface area contributed by atoms with Crippen LogP contribution in [0.25, 0.3) is 0 Å². The van der Waals surface area contributed by atoms with Crippen molar-refractivity contribution < 1.29 is 0 Å². The molecular formula is C16H27N5O. The van der Waals surface area contributed by atoms with Crippen LogP contribution in [0.3, 0.4) is 0 Å². The summed E-state index contributed by atoms with van der Waals surface area (Å²) in [5.74, 6) is 1.31. The van der Waals surface area contributed by atoms with E-state index in [0.717, 1.165) is 50.0 Å². The zero-order valence-corrected chi connectivity index (χ0v) is 13.9. The first kappa shape index (κ1) is 16.5. The van der Waals surface area contributed by atoms with Crippen molar-refractivity contribution in [1.29, 1.82) is 0 Å². The topological polar surface area (TPSA) is 87.4 Å². The normalized spacial score (nSPS) is 16.4. The molecule has 1 saturated heterocycles. The number of aryl methyl sites for hydroxylation is 1. The Bertz CT molecular complexity index is 585. The molecule has 3 N–H and O–H groups in total. The predicted molar refractivity (Wildman–Crippen MR) is 89.5 cm³/mol. The van der Waals surface area contributed by atoms with Gasteiger partial charge in [-0.1, -0.05) is 13.8 Å². The molecule has 122 valence electrons. The summed E-state index contributed by atoms with van der Waals surface area (Å²) in [4.78, 5) is 25.7. The third kappa shape index (κ3) is 4.32. The summed E-state index contributed by atoms with van der Waals surface area (Å²) in [7, 11) is 0. The number of nitrogens with zero attached hydrogens (tertiary/aromatic N) is 3. The van der Waals surface area contributed by atoms with Gasteiger partial charge in [0.05, 0.1) is 5.69 Å². The van der Waals surface area contributed by atoms with Gasteiger partial charge in [-0.3, -0.25) is 9.78 Å². The Kier molecular flexibility index (Phi) is 5.57. The second-order valence-electron chi connectivity index (χ2n) is 6.40. The molecule has 1 aliphatic heterocycles. The third-order valence-corrected chi connectivity index (χ3v) is 4.08. The van der Waals surface area contributed by atoms with Gasteiger partial charge in [-0.2, -0.15) is 4.99 Å². The molecule has 0 aliphatic carbocycles. The molecule has 0 atom stereocenters. The zero-order chi connectivity index (χ0) is 16.1. The van der Waals surface area contributed by atoms with Crippen molar-refractivity contribution in [2.45, 2.75) is 52.9 Å². The van der Waals surface area contributed by atoms with Gasteiger partial charge in [0.1, 0.15) is 0 Å². The first-order chi connectivity index (χ1) is 10.5. The minimum absolute atomic E-state index is 0.0988. The Labute approximate surface area is 131 Å². The van der Waals surface area contributed by atoms with Crippen LogP contribution >= 0.6 is 0 Å². The molecule has 0 spiro atoms. The van der Waals surface area contributed by atoms with Gasteiger partial charge in [-0.05, 0) is 44.9 Å². The van der Waals surface area contributed by atoms with Crippen LogP contribution in [0.5, 0.6) is 0 Å². The summed E-state index contributed by atoms with van der Waals surface area (Å²) in [6.45, 7) is 8.00. The monoisotopic (exact) mass is 305 g/mol. The van der Waals surface area contributed by atoms with Crippen molar-refractivity contribution in [3.8, 4) is 0 Å². The van der Waals surface area contributed by atoms with Crippen molar-refractivity contribution in [2.24, 2.45) is 16.6 Å². The first-order valence-electron chi connectivity index (χ1n) is 8.16. The summed E-state index contributed by atoms with van der Waals surface area (Å²) >= 11 is 0. The van der Waals surface area contributed by atoms with Crippen LogP contribution in [0, 0.1) is 12.8 Å². The van der Waals surface area contributed by atoms with Crippen molar-refractivity contribution >= 4 is 11.9 Å². The van der Waals surface area contributed by atoms with Crippen molar-refractivity contribution in [3.05, 3.63) is 21.6 Å². The number of rotatable bonds is 4. The molecule has 0 saturated carbocycles. The Morgan fingerprint density at radius 2 is 2.05 bits per heavy atom. The Morgan fingerprint density at radius 1 is 1.36 bits per heavy atom. The van der Waals surface area contributed by atoms with Gasteiger partial charge in [0, 0.05) is 18.7 Å². The number of guanidine groups is 1. The summed E-state index contributed by atoms with van der Waals surface area (Å²) in [6.07, 6.45) is 5.23. The first-order valence-corrected chi connectivity index (χ1v) is 8.16. The Balaban J connectivity index is 2.17. The van der Waals surface area contributed by atoms with Crippen LogP contribution in [-0.4, -0.2) is 33.9 Å². The van der Waals surface area contributed by atoms with Gasteiger partial charge >= 0.3 is 0 Å². The number of nitrogens with one attached hydrogen (secondary N) is 1. The highest BCUT2D eigenvalue weighted by Gasteiger charge is 2.13. The minimum Gasteiger partial charge on any atom is -0.369 e. The van der Waals surface area contributed by atoms with Crippen LogP contribution in [0.1, 0.15) is 50.8 Å². The lowest BCUT2D eigenvalue weighted by Gasteiger charge is -2.27. The van der Waals surface area contributed by atoms with E-state index >= 15 is 0 Å². The van der Waals surface area contributed by atoms with E-state index in [-0.39, 0.29) is 5.56 Å². The van der Waals surface area contributed by atoms with Gasteiger partial charge < -0.3 is 10.6 Å². The van der Waals surface area contributed by atoms with Crippen molar-refractivity contribution in [2.75, 3.05) is 13.1 Å². The molecule has 1 aliphatic rings. The molecule has 0 amide bonds. The second-order valence-corrected chi connectivity index (χ2v) is 6.40. The molecule has 1 fully saturated rings. The van der Waals surface area contributed by atoms with E-state index in [9.17, 15) is 4.79 Å². The van der Waals surface area contributed by atoms with Gasteiger partial charge in [0.2, 0.25) is 5.95 Å². The van der Waals surface area contributed by atoms with E-state index < -0.39 is 0 Å². The number of piperidine rings is 1. The average molecular weight is 305 g/mol. The third-order valence-electron chi connectivity index (χ3n) is 4.08. The zero-order valence-electron chi connectivity index (χ0n) is 13.9. The molecule has 0 bridgehead atoms. The highest BCUT2D eigenvalue weighted by Crippen LogP contribution is 2.12. The van der Waals surface area contributed by atoms with Crippen LogP contribution in [0.15, 0.2) is 9.79 Å². The molecule has 0 unspecified atom stereocenters. The maximum atomic E-state index is 12.2. The second kappa shape index (κ2) is 7.42. The van der Waals surface area contributed by atoms with Crippen LogP contribution < -0.4 is 11.3 Å². The Hall–Kier alpha value is -1.85. The number of aromatic amines is 1. The number of aliphatic imine (C=N–C) groups is 1. The lowest BCUT2D eigenvalue weighted by Crippen LogP contribution is -2.40. The van der Waals surface area contributed by atoms with E-state index in [4.69, 9.17) is 5.73 Å². The number of nitrogens with two attached hydrogens (primary N) is 1. The molecule has 0 aromatic carbocycles. The smallest absolute Gasteiger partial charge is 0.255 e. The molecule has 0 radical (unpaired) electrons. The van der Waals surface area contributed by atoms with Gasteiger partial charge in [0.15, 0.2) is 5.96 Å². The van der Waals surface area contributed by atoms with Gasteiger partial charge in [-0.15, -0.1) is 0 Å². The lowest BCUT2D eigenvalue weighted by molar-refractivity contribution is 0.339. The number of likely N-dealkylation sites (tertiary alicyclic amines) is 1. The minimum atomic E-state index is -0.0988. The van der Waals surface area contributed by atoms with Crippen LogP contribution in [0.4, 0.5) is 5.95 Å². The highest BCUT2D eigenvalue weighted by atomic mass is 16.1. The fraction of sp³-hybridized carbons (Fsp3) is 0.688. The van der Waals surface area contributed by atoms with Gasteiger partial charge in [0.25, 0.3) is 5.56 Å². The number of H-pyrrole nitrogens is 1. The molecule has 22 heavy (non-hydrogen) atoms. The molecule has 2 rings (SSSR count). The molecule has 6 nitrogen and oxygen atoms in total. The van der Waals surface area contributed by atoms with E-state index in [0.29, 0.717) is 17.8 Å². The summed E-state index contributed by atoms with van der Waals surface area (Å²) in [6, 6.07) is 0. The van der Waals surface area contributed by atoms with E-state index in [1.54, 1.807) is 0 Å². The van der Waals surface area contributed by atoms with Crippen molar-refractivity contribution in [1.82, 2.24) is 14.9 Å². The summed E-state index contributed by atoms with van der Waals surface area (Å²) in [5.41, 5.74) is 7.43. The maximum Gasteiger partial charge on any atom is 0.255 e. The molecule has 2 heterocycles. The molecule has 6 heteroatoms. The van der Waals surface area contributed by atoms with E-state index in [1.807, 2.05) is 11.8 Å². The average Bonchev–Trinajstić information content (AvgIpc) is 2.47. The molecule has 1 aromatic heterocycles. The largest absolute Gasteiger partial charge is 0.369 e. The summed E-state index contributed by atoms with van der Waals surface area (Å²) < 4.78 is 0. The molecular weight excluding hydrogens is 278 g/mol. The lowest BCUT2D eigenvalue weighted by atomic mass is 10.0. The quantitative estimate of drug-likeness (QED) is 0.658. The summed E-state index contributed by atoms with van der Waals surface area (Å²) in [5, 5.41) is 0. The highest BCUT2D eigenvalue weighted by molar-refractivity contribution is 5.80. The number of aromatic nitrogens is 2. The standard InChI is InChI=1S/C16H27N5O/c1-11(2)7-8-13-12(3)18-16(19-14(13)22)20-15(17)21-9-5-4-6-10-21/h11H,4-10H2,1-3H3,(H3,17,18,19,20,22). The fourth-order valence-corrected chi connectivity index (χ4v) is 2.68. The number of hydrogen-bond acceptors (Lipinski definition) is 3. The van der Waals surface area contributed by atoms with Crippen LogP contribution in [-0.2, 0) is 6.42 Å². The fourth-order valence-electron chi connectivity index (χ4n) is 2.68. The van der Waals surface area contributed by atoms with E-state index in [2.05, 4.69) is 28.8 Å². The SMILES string of the molecule is Cc1nc(N=C(N)N2CCCCC2)[nH]c(=O)c1CCC(C)C. The van der Waals surface area contributed by atoms with Crippen molar-refractivity contribution in [3.63, 3.8) is 0 Å².